The number of ether oxygens (including phenoxy) is 3. The molecule has 0 amide bonds. The topological polar surface area (TPSA) is 61.8 Å². The van der Waals surface area contributed by atoms with Crippen LogP contribution >= 0.6 is 0 Å². The third-order valence-corrected chi connectivity index (χ3v) is 5.64. The molecule has 30 heavy (non-hydrogen) atoms. The van der Waals surface area contributed by atoms with E-state index < -0.39 is 17.5 Å². The number of hydrogen-bond acceptors (Lipinski definition) is 5. The minimum Gasteiger partial charge on any atom is -0.454 e. The second-order valence-corrected chi connectivity index (χ2v) is 7.25. The number of hydrogen-bond donors (Lipinski definition) is 0. The number of carbonyl (C=O) groups is 2. The zero-order chi connectivity index (χ0) is 20.4. The Morgan fingerprint density at radius 1 is 0.767 bits per heavy atom. The van der Waals surface area contributed by atoms with Crippen molar-refractivity contribution in [2.24, 2.45) is 0 Å². The van der Waals surface area contributed by atoms with Crippen LogP contribution in [0.25, 0.3) is 0 Å². The Labute approximate surface area is 170 Å². The van der Waals surface area contributed by atoms with Crippen LogP contribution in [-0.4, -0.2) is 18.4 Å². The molecule has 0 saturated carbocycles. The quantitative estimate of drug-likeness (QED) is 0.606. The highest BCUT2D eigenvalue weighted by atomic mass is 19.1. The molecular formula is C24H13FO5. The van der Waals surface area contributed by atoms with Gasteiger partial charge in [-0.2, -0.15) is 0 Å². The lowest BCUT2D eigenvalue weighted by Gasteiger charge is -2.32. The number of Topliss-reactive ketones (excluding diaryl/α,β-unsaturated/α-hetero) is 2. The average molecular weight is 400 g/mol. The van der Waals surface area contributed by atoms with E-state index in [0.29, 0.717) is 22.8 Å². The molecule has 5 nitrogen and oxygen atoms in total. The van der Waals surface area contributed by atoms with Crippen molar-refractivity contribution in [3.8, 4) is 17.2 Å². The van der Waals surface area contributed by atoms with Gasteiger partial charge in [-0.15, -0.1) is 0 Å². The summed E-state index contributed by atoms with van der Waals surface area (Å²) in [4.78, 5) is 26.7. The lowest BCUT2D eigenvalue weighted by Crippen LogP contribution is -2.31. The summed E-state index contributed by atoms with van der Waals surface area (Å²) in [5.41, 5.74) is 1.53. The van der Waals surface area contributed by atoms with E-state index in [0.717, 1.165) is 0 Å². The predicted molar refractivity (Wildman–Crippen MR) is 104 cm³/mol. The van der Waals surface area contributed by atoms with E-state index in [-0.39, 0.29) is 40.6 Å². The maximum Gasteiger partial charge on any atom is 0.231 e. The van der Waals surface area contributed by atoms with Crippen LogP contribution < -0.4 is 14.2 Å². The summed E-state index contributed by atoms with van der Waals surface area (Å²) in [6.07, 6.45) is 0. The molecule has 0 saturated heterocycles. The Morgan fingerprint density at radius 3 is 2.20 bits per heavy atom. The van der Waals surface area contributed by atoms with Gasteiger partial charge < -0.3 is 14.2 Å². The van der Waals surface area contributed by atoms with E-state index in [1.165, 1.54) is 6.07 Å². The van der Waals surface area contributed by atoms with Crippen molar-refractivity contribution in [2.45, 2.75) is 5.92 Å². The van der Waals surface area contributed by atoms with Crippen molar-refractivity contribution in [3.05, 3.63) is 100 Å². The molecule has 0 radical (unpaired) electrons. The maximum absolute atomic E-state index is 14.9. The molecule has 146 valence electrons. The SMILES string of the molecule is O=C1C2=C(C(=O)c3ccccc31)C(c1ccccc1F)c1cc3c(cc1O2)OCO3. The second-order valence-electron chi connectivity index (χ2n) is 7.25. The molecule has 3 aromatic carbocycles. The van der Waals surface area contributed by atoms with Crippen LogP contribution in [0.2, 0.25) is 0 Å². The van der Waals surface area contributed by atoms with Crippen LogP contribution in [0.1, 0.15) is 37.8 Å². The normalized spacial score (nSPS) is 18.5. The fourth-order valence-corrected chi connectivity index (χ4v) is 4.29. The largest absolute Gasteiger partial charge is 0.454 e. The molecule has 3 aromatic rings. The van der Waals surface area contributed by atoms with Gasteiger partial charge in [0.05, 0.1) is 5.57 Å². The van der Waals surface area contributed by atoms with E-state index in [1.54, 1.807) is 54.6 Å². The molecular weight excluding hydrogens is 387 g/mol. The van der Waals surface area contributed by atoms with Gasteiger partial charge in [-0.25, -0.2) is 4.39 Å². The van der Waals surface area contributed by atoms with Crippen LogP contribution in [-0.2, 0) is 0 Å². The average Bonchev–Trinajstić information content (AvgIpc) is 3.22. The van der Waals surface area contributed by atoms with Gasteiger partial charge in [-0.1, -0.05) is 42.5 Å². The van der Waals surface area contributed by atoms with Gasteiger partial charge in [0, 0.05) is 34.2 Å². The minimum atomic E-state index is -0.816. The number of ketones is 2. The summed E-state index contributed by atoms with van der Waals surface area (Å²) in [6.45, 7) is 0.0546. The van der Waals surface area contributed by atoms with E-state index in [1.807, 2.05) is 0 Å². The standard InChI is InChI=1S/C24H13FO5/c25-16-8-4-3-7-14(16)20-15-9-18-19(29-11-28-18)10-17(15)30-24-21(20)22(26)12-5-1-2-6-13(12)23(24)27/h1-10,20H,11H2. The lowest BCUT2D eigenvalue weighted by molar-refractivity contribution is 0.0927. The molecule has 0 spiro atoms. The second kappa shape index (κ2) is 6.03. The summed E-state index contributed by atoms with van der Waals surface area (Å²) in [5.74, 6) is -0.812. The van der Waals surface area contributed by atoms with Crippen LogP contribution in [0, 0.1) is 5.82 Å². The molecule has 2 heterocycles. The fourth-order valence-electron chi connectivity index (χ4n) is 4.29. The Morgan fingerprint density at radius 2 is 1.43 bits per heavy atom. The van der Waals surface area contributed by atoms with Crippen molar-refractivity contribution in [2.75, 3.05) is 6.79 Å². The number of benzene rings is 3. The van der Waals surface area contributed by atoms with Gasteiger partial charge in [0.25, 0.3) is 0 Å². The van der Waals surface area contributed by atoms with Crippen molar-refractivity contribution in [1.29, 1.82) is 0 Å². The first-order chi connectivity index (χ1) is 14.6. The van der Waals surface area contributed by atoms with Crippen LogP contribution in [0.4, 0.5) is 4.39 Å². The zero-order valence-electron chi connectivity index (χ0n) is 15.5. The summed E-state index contributed by atoms with van der Waals surface area (Å²) < 4.78 is 31.8. The molecule has 0 bridgehead atoms. The third-order valence-electron chi connectivity index (χ3n) is 5.64. The van der Waals surface area contributed by atoms with E-state index in [4.69, 9.17) is 14.2 Å². The first-order valence-corrected chi connectivity index (χ1v) is 9.42. The third kappa shape index (κ3) is 2.21. The molecule has 2 aliphatic heterocycles. The van der Waals surface area contributed by atoms with Gasteiger partial charge in [0.2, 0.25) is 12.6 Å². The van der Waals surface area contributed by atoms with E-state index in [9.17, 15) is 14.0 Å². The molecule has 6 heteroatoms. The van der Waals surface area contributed by atoms with Crippen LogP contribution in [0.3, 0.4) is 0 Å². The lowest BCUT2D eigenvalue weighted by atomic mass is 9.74. The molecule has 1 unspecified atom stereocenters. The first kappa shape index (κ1) is 17.0. The highest BCUT2D eigenvalue weighted by Crippen LogP contribution is 2.51. The number of rotatable bonds is 1. The number of halogens is 1. The van der Waals surface area contributed by atoms with Gasteiger partial charge in [-0.3, -0.25) is 9.59 Å². The molecule has 1 atom stereocenters. The summed E-state index contributed by atoms with van der Waals surface area (Å²) in [5, 5.41) is 0. The first-order valence-electron chi connectivity index (χ1n) is 9.42. The van der Waals surface area contributed by atoms with E-state index >= 15 is 0 Å². The Balaban J connectivity index is 1.65. The van der Waals surface area contributed by atoms with Crippen molar-refractivity contribution < 1.29 is 28.2 Å². The molecule has 3 aliphatic rings. The summed E-state index contributed by atoms with van der Waals surface area (Å²) in [6, 6.07) is 16.1. The minimum absolute atomic E-state index is 0.0546. The molecule has 0 fully saturated rings. The van der Waals surface area contributed by atoms with E-state index in [2.05, 4.69) is 0 Å². The summed E-state index contributed by atoms with van der Waals surface area (Å²) in [7, 11) is 0. The molecule has 6 rings (SSSR count). The van der Waals surface area contributed by atoms with Crippen molar-refractivity contribution in [3.63, 3.8) is 0 Å². The Hall–Kier alpha value is -3.93. The van der Waals surface area contributed by atoms with Gasteiger partial charge in [-0.05, 0) is 12.1 Å². The smallest absolute Gasteiger partial charge is 0.231 e. The predicted octanol–water partition coefficient (Wildman–Crippen LogP) is 4.41. The number of allylic oxidation sites excluding steroid dienone is 2. The highest BCUT2D eigenvalue weighted by Gasteiger charge is 2.44. The maximum atomic E-state index is 14.9. The van der Waals surface area contributed by atoms with Crippen molar-refractivity contribution in [1.82, 2.24) is 0 Å². The van der Waals surface area contributed by atoms with Crippen LogP contribution in [0.15, 0.2) is 72.0 Å². The highest BCUT2D eigenvalue weighted by molar-refractivity contribution is 6.27. The molecule has 0 N–H and O–H groups in total. The van der Waals surface area contributed by atoms with Gasteiger partial charge >= 0.3 is 0 Å². The summed E-state index contributed by atoms with van der Waals surface area (Å²) >= 11 is 0. The van der Waals surface area contributed by atoms with Crippen molar-refractivity contribution >= 4 is 11.6 Å². The van der Waals surface area contributed by atoms with Gasteiger partial charge in [0.15, 0.2) is 23.0 Å². The van der Waals surface area contributed by atoms with Crippen LogP contribution in [0.5, 0.6) is 17.2 Å². The zero-order valence-corrected chi connectivity index (χ0v) is 15.5. The Kier molecular flexibility index (Phi) is 3.41. The molecule has 0 aromatic heterocycles. The monoisotopic (exact) mass is 400 g/mol. The fraction of sp³-hybridized carbons (Fsp3) is 0.0833. The Bertz CT molecular complexity index is 1310. The number of carbonyl (C=O) groups excluding carboxylic acids is 2. The molecule has 1 aliphatic carbocycles. The number of fused-ring (bicyclic) bond motifs is 3. The van der Waals surface area contributed by atoms with Gasteiger partial charge in [0.1, 0.15) is 11.6 Å².